The Balaban J connectivity index is 1.61. The molecule has 7 nitrogen and oxygen atoms in total. The zero-order chi connectivity index (χ0) is 17.8. The maximum atomic E-state index is 12.0. The summed E-state index contributed by atoms with van der Waals surface area (Å²) in [5.74, 6) is 1.67. The second kappa shape index (κ2) is 7.23. The minimum Gasteiger partial charge on any atom is -0.467 e. The molecule has 0 aliphatic carbocycles. The summed E-state index contributed by atoms with van der Waals surface area (Å²) < 4.78 is 10.7. The molecular weight excluding hydrogens is 322 g/mol. The predicted octanol–water partition coefficient (Wildman–Crippen LogP) is 3.41. The first kappa shape index (κ1) is 16.8. The number of anilines is 1. The number of furan rings is 1. The highest BCUT2D eigenvalue weighted by Gasteiger charge is 2.13. The first-order valence-electron chi connectivity index (χ1n) is 7.83. The van der Waals surface area contributed by atoms with Crippen molar-refractivity contribution in [3.63, 3.8) is 0 Å². The normalized spacial score (nSPS) is 12.0. The minimum atomic E-state index is -0.898. The van der Waals surface area contributed by atoms with Gasteiger partial charge < -0.3 is 24.6 Å². The van der Waals surface area contributed by atoms with Gasteiger partial charge in [-0.05, 0) is 44.2 Å². The molecule has 2 amide bonds. The average Bonchev–Trinajstić information content (AvgIpc) is 3.24. The quantitative estimate of drug-likeness (QED) is 0.660. The smallest absolute Gasteiger partial charge is 0.319 e. The largest absolute Gasteiger partial charge is 0.467 e. The van der Waals surface area contributed by atoms with Crippen LogP contribution in [0, 0.1) is 13.8 Å². The van der Waals surface area contributed by atoms with Crippen molar-refractivity contribution in [1.82, 2.24) is 10.3 Å². The fourth-order valence-corrected chi connectivity index (χ4v) is 2.27. The van der Waals surface area contributed by atoms with Crippen LogP contribution in [-0.2, 0) is 0 Å². The summed E-state index contributed by atoms with van der Waals surface area (Å²) in [4.78, 5) is 16.3. The van der Waals surface area contributed by atoms with Crippen LogP contribution in [0.15, 0.2) is 51.5 Å². The van der Waals surface area contributed by atoms with Crippen molar-refractivity contribution >= 4 is 11.7 Å². The number of aliphatic hydroxyl groups excluding tert-OH is 1. The van der Waals surface area contributed by atoms with E-state index in [2.05, 4.69) is 15.6 Å². The lowest BCUT2D eigenvalue weighted by Gasteiger charge is -2.11. The molecule has 1 aromatic carbocycles. The number of carbonyl (C=O) groups is 1. The van der Waals surface area contributed by atoms with Gasteiger partial charge >= 0.3 is 6.03 Å². The van der Waals surface area contributed by atoms with Crippen molar-refractivity contribution in [1.29, 1.82) is 0 Å². The van der Waals surface area contributed by atoms with Gasteiger partial charge in [0.05, 0.1) is 18.5 Å². The van der Waals surface area contributed by atoms with E-state index < -0.39 is 12.1 Å². The van der Waals surface area contributed by atoms with Crippen LogP contribution in [0.2, 0.25) is 0 Å². The van der Waals surface area contributed by atoms with E-state index in [-0.39, 0.29) is 6.54 Å². The van der Waals surface area contributed by atoms with Crippen molar-refractivity contribution in [2.45, 2.75) is 20.0 Å². The van der Waals surface area contributed by atoms with Gasteiger partial charge in [-0.1, -0.05) is 6.07 Å². The lowest BCUT2D eigenvalue weighted by atomic mass is 10.2. The summed E-state index contributed by atoms with van der Waals surface area (Å²) in [6.45, 7) is 3.77. The fraction of sp³-hybridized carbons (Fsp3) is 0.222. The summed E-state index contributed by atoms with van der Waals surface area (Å²) >= 11 is 0. The van der Waals surface area contributed by atoms with Crippen LogP contribution in [-0.4, -0.2) is 22.7 Å². The summed E-state index contributed by atoms with van der Waals surface area (Å²) in [6.07, 6.45) is 0.571. The van der Waals surface area contributed by atoms with Gasteiger partial charge in [-0.3, -0.25) is 0 Å². The molecule has 0 fully saturated rings. The fourth-order valence-electron chi connectivity index (χ4n) is 2.27. The highest BCUT2D eigenvalue weighted by atomic mass is 16.4. The number of nitrogens with one attached hydrogen (secondary N) is 2. The van der Waals surface area contributed by atoms with Gasteiger partial charge in [0.15, 0.2) is 0 Å². The van der Waals surface area contributed by atoms with E-state index in [1.54, 1.807) is 30.3 Å². The van der Waals surface area contributed by atoms with Crippen LogP contribution in [0.5, 0.6) is 0 Å². The van der Waals surface area contributed by atoms with E-state index in [0.717, 1.165) is 17.0 Å². The summed E-state index contributed by atoms with van der Waals surface area (Å²) in [7, 11) is 0. The first-order valence-corrected chi connectivity index (χ1v) is 7.83. The zero-order valence-corrected chi connectivity index (χ0v) is 13.9. The van der Waals surface area contributed by atoms with Crippen LogP contribution in [0.3, 0.4) is 0 Å². The number of hydrogen-bond acceptors (Lipinski definition) is 5. The topological polar surface area (TPSA) is 101 Å². The molecule has 0 spiro atoms. The molecule has 0 saturated carbocycles. The van der Waals surface area contributed by atoms with Gasteiger partial charge in [-0.25, -0.2) is 9.78 Å². The molecule has 0 bridgehead atoms. The van der Waals surface area contributed by atoms with Crippen molar-refractivity contribution in [3.05, 3.63) is 59.9 Å². The lowest BCUT2D eigenvalue weighted by Crippen LogP contribution is -2.32. The summed E-state index contributed by atoms with van der Waals surface area (Å²) in [5.41, 5.74) is 2.19. The number of urea groups is 1. The van der Waals surface area contributed by atoms with Crippen molar-refractivity contribution in [2.24, 2.45) is 0 Å². The Hall–Kier alpha value is -3.06. The number of oxazole rings is 1. The standard InChI is InChI=1S/C18H19N3O4/c1-11-12(2)25-17(20-11)13-5-3-6-14(9-13)21-18(23)19-10-15(22)16-7-4-8-24-16/h3-9,15,22H,10H2,1-2H3,(H2,19,21,23). The highest BCUT2D eigenvalue weighted by Crippen LogP contribution is 2.24. The van der Waals surface area contributed by atoms with Crippen LogP contribution in [0.1, 0.15) is 23.3 Å². The van der Waals surface area contributed by atoms with Gasteiger partial charge in [-0.15, -0.1) is 0 Å². The van der Waals surface area contributed by atoms with Crippen molar-refractivity contribution in [2.75, 3.05) is 11.9 Å². The first-order chi connectivity index (χ1) is 12.0. The predicted molar refractivity (Wildman–Crippen MR) is 92.1 cm³/mol. The molecule has 130 valence electrons. The second-order valence-corrected chi connectivity index (χ2v) is 5.61. The maximum Gasteiger partial charge on any atom is 0.319 e. The van der Waals surface area contributed by atoms with Crippen molar-refractivity contribution in [3.8, 4) is 11.5 Å². The third kappa shape index (κ3) is 4.07. The third-order valence-corrected chi connectivity index (χ3v) is 3.72. The van der Waals surface area contributed by atoms with E-state index in [1.807, 2.05) is 19.9 Å². The molecule has 0 aliphatic rings. The van der Waals surface area contributed by atoms with Gasteiger partial charge in [0.2, 0.25) is 5.89 Å². The highest BCUT2D eigenvalue weighted by molar-refractivity contribution is 5.89. The van der Waals surface area contributed by atoms with Gasteiger partial charge in [0, 0.05) is 11.3 Å². The molecule has 0 radical (unpaired) electrons. The van der Waals surface area contributed by atoms with E-state index >= 15 is 0 Å². The number of benzene rings is 1. The van der Waals surface area contributed by atoms with E-state index in [4.69, 9.17) is 8.83 Å². The zero-order valence-electron chi connectivity index (χ0n) is 13.9. The summed E-state index contributed by atoms with van der Waals surface area (Å²) in [6, 6.07) is 10.1. The molecule has 2 aromatic heterocycles. The molecule has 3 aromatic rings. The maximum absolute atomic E-state index is 12.0. The van der Waals surface area contributed by atoms with Gasteiger partial charge in [0.1, 0.15) is 17.6 Å². The molecule has 1 unspecified atom stereocenters. The Morgan fingerprint density at radius 2 is 2.12 bits per heavy atom. The Morgan fingerprint density at radius 3 is 2.80 bits per heavy atom. The molecule has 0 aliphatic heterocycles. The number of aromatic nitrogens is 1. The number of carbonyl (C=O) groups excluding carboxylic acids is 1. The van der Waals surface area contributed by atoms with Gasteiger partial charge in [-0.2, -0.15) is 0 Å². The van der Waals surface area contributed by atoms with Crippen LogP contribution < -0.4 is 10.6 Å². The Morgan fingerprint density at radius 1 is 1.28 bits per heavy atom. The molecular formula is C18H19N3O4. The van der Waals surface area contributed by atoms with Crippen LogP contribution >= 0.6 is 0 Å². The number of rotatable bonds is 5. The minimum absolute atomic E-state index is 0.0389. The Kier molecular flexibility index (Phi) is 4.85. The lowest BCUT2D eigenvalue weighted by molar-refractivity contribution is 0.149. The number of hydrogen-bond donors (Lipinski definition) is 3. The Bertz CT molecular complexity index is 836. The monoisotopic (exact) mass is 341 g/mol. The number of aryl methyl sites for hydroxylation is 2. The molecule has 1 atom stereocenters. The number of nitrogens with zero attached hydrogens (tertiary/aromatic N) is 1. The third-order valence-electron chi connectivity index (χ3n) is 3.72. The number of aliphatic hydroxyl groups is 1. The molecule has 0 saturated heterocycles. The molecule has 2 heterocycles. The second-order valence-electron chi connectivity index (χ2n) is 5.61. The molecule has 7 heteroatoms. The average molecular weight is 341 g/mol. The van der Waals surface area contributed by atoms with Crippen LogP contribution in [0.4, 0.5) is 10.5 Å². The van der Waals surface area contributed by atoms with Gasteiger partial charge in [0.25, 0.3) is 0 Å². The van der Waals surface area contributed by atoms with Crippen molar-refractivity contribution < 1.29 is 18.7 Å². The summed E-state index contributed by atoms with van der Waals surface area (Å²) in [5, 5.41) is 15.2. The van der Waals surface area contributed by atoms with E-state index in [1.165, 1.54) is 6.26 Å². The molecule has 3 N–H and O–H groups in total. The van der Waals surface area contributed by atoms with E-state index in [9.17, 15) is 9.90 Å². The SMILES string of the molecule is Cc1nc(-c2cccc(NC(=O)NCC(O)c3ccco3)c2)oc1C. The van der Waals surface area contributed by atoms with Crippen LogP contribution in [0.25, 0.3) is 11.5 Å². The molecule has 25 heavy (non-hydrogen) atoms. The Labute approximate surface area is 144 Å². The number of amides is 2. The molecule has 3 rings (SSSR count). The van der Waals surface area contributed by atoms with E-state index in [0.29, 0.717) is 17.3 Å².